The molecule has 124 valence electrons. The Morgan fingerprint density at radius 1 is 0.800 bits per heavy atom. The molecule has 4 heteroatoms. The maximum atomic E-state index is 6.50. The smallest absolute Gasteiger partial charge is 0.0769 e. The topological polar surface area (TPSA) is 12.4 Å². The average Bonchev–Trinajstić information content (AvgIpc) is 2.82. The number of para-hydroxylation sites is 1. The molecule has 0 saturated heterocycles. The van der Waals surface area contributed by atoms with Crippen LogP contribution in [-0.2, 0) is 0 Å². The minimum atomic E-state index is 0.115. The third-order valence-corrected chi connectivity index (χ3v) is 6.14. The molecule has 0 aromatic heterocycles. The Hall–Kier alpha value is -1.74. The van der Waals surface area contributed by atoms with E-state index in [0.29, 0.717) is 10.0 Å². The van der Waals surface area contributed by atoms with Crippen LogP contribution in [-0.4, -0.2) is 5.71 Å². The van der Waals surface area contributed by atoms with Crippen LogP contribution in [0.5, 0.6) is 0 Å². The van der Waals surface area contributed by atoms with Gasteiger partial charge in [0.05, 0.1) is 5.69 Å². The first kappa shape index (κ1) is 16.7. The summed E-state index contributed by atoms with van der Waals surface area (Å²) in [5.74, 6) is 0. The van der Waals surface area contributed by atoms with E-state index in [0.717, 1.165) is 33.8 Å². The van der Waals surface area contributed by atoms with Crippen LogP contribution in [0, 0.1) is 0 Å². The normalized spacial score (nSPS) is 16.7. The molecule has 25 heavy (non-hydrogen) atoms. The quantitative estimate of drug-likeness (QED) is 0.450. The Balaban J connectivity index is 1.85. The summed E-state index contributed by atoms with van der Waals surface area (Å²) in [5.41, 5.74) is 4.17. The van der Waals surface area contributed by atoms with Crippen LogP contribution in [0.25, 0.3) is 0 Å². The number of halogens is 2. The fraction of sp³-hybridized carbons (Fsp3) is 0.0952. The monoisotopic (exact) mass is 383 g/mol. The molecule has 3 aromatic carbocycles. The van der Waals surface area contributed by atoms with E-state index in [-0.39, 0.29) is 5.25 Å². The fourth-order valence-electron chi connectivity index (χ4n) is 3.00. The van der Waals surface area contributed by atoms with Gasteiger partial charge >= 0.3 is 0 Å². The highest BCUT2D eigenvalue weighted by atomic mass is 35.5. The summed E-state index contributed by atoms with van der Waals surface area (Å²) in [6, 6.07) is 24.2. The van der Waals surface area contributed by atoms with Crippen molar-refractivity contribution in [2.75, 3.05) is 0 Å². The van der Waals surface area contributed by atoms with Crippen molar-refractivity contribution in [3.05, 3.63) is 94.0 Å². The van der Waals surface area contributed by atoms with Crippen LogP contribution in [0.4, 0.5) is 5.69 Å². The van der Waals surface area contributed by atoms with Crippen molar-refractivity contribution in [2.45, 2.75) is 16.6 Å². The van der Waals surface area contributed by atoms with Gasteiger partial charge in [0.1, 0.15) is 0 Å². The molecule has 4 rings (SSSR count). The second-order valence-electron chi connectivity index (χ2n) is 5.84. The van der Waals surface area contributed by atoms with Gasteiger partial charge in [0.15, 0.2) is 0 Å². The molecule has 1 heterocycles. The van der Waals surface area contributed by atoms with Gasteiger partial charge in [-0.1, -0.05) is 71.7 Å². The van der Waals surface area contributed by atoms with Crippen LogP contribution >= 0.6 is 35.0 Å². The van der Waals surface area contributed by atoms with Crippen LogP contribution < -0.4 is 0 Å². The number of benzene rings is 3. The zero-order valence-corrected chi connectivity index (χ0v) is 15.7. The van der Waals surface area contributed by atoms with Crippen molar-refractivity contribution in [3.8, 4) is 0 Å². The van der Waals surface area contributed by atoms with Crippen LogP contribution in [0.3, 0.4) is 0 Å². The molecule has 3 aromatic rings. The largest absolute Gasteiger partial charge is 0.252 e. The third-order valence-electron chi connectivity index (χ3n) is 4.20. The highest BCUT2D eigenvalue weighted by Gasteiger charge is 2.25. The predicted octanol–water partition coefficient (Wildman–Crippen LogP) is 7.35. The van der Waals surface area contributed by atoms with Gasteiger partial charge in [0, 0.05) is 37.9 Å². The summed E-state index contributed by atoms with van der Waals surface area (Å²) < 4.78 is 0. The molecule has 0 amide bonds. The number of hydrogen-bond donors (Lipinski definition) is 0. The summed E-state index contributed by atoms with van der Waals surface area (Å²) in [4.78, 5) is 6.10. The molecule has 1 atom stereocenters. The molecule has 1 aliphatic heterocycles. The number of aliphatic imine (C=N–C) groups is 1. The predicted molar refractivity (Wildman–Crippen MR) is 109 cm³/mol. The molecule has 0 radical (unpaired) electrons. The Labute approximate surface area is 161 Å². The van der Waals surface area contributed by atoms with Crippen molar-refractivity contribution in [1.82, 2.24) is 0 Å². The molecule has 1 aliphatic rings. The van der Waals surface area contributed by atoms with Gasteiger partial charge in [-0.05, 0) is 29.8 Å². The minimum absolute atomic E-state index is 0.115. The summed E-state index contributed by atoms with van der Waals surface area (Å²) in [7, 11) is 0. The SMILES string of the molecule is Clc1cccc(Cl)c1C1CC(c2ccccc2)=Nc2ccccc2S1. The van der Waals surface area contributed by atoms with E-state index >= 15 is 0 Å². The lowest BCUT2D eigenvalue weighted by Crippen LogP contribution is -2.06. The molecule has 0 saturated carbocycles. The number of hydrogen-bond acceptors (Lipinski definition) is 2. The van der Waals surface area contributed by atoms with Crippen molar-refractivity contribution < 1.29 is 0 Å². The van der Waals surface area contributed by atoms with Gasteiger partial charge in [-0.15, -0.1) is 11.8 Å². The van der Waals surface area contributed by atoms with Gasteiger partial charge in [-0.2, -0.15) is 0 Å². The van der Waals surface area contributed by atoms with E-state index in [1.165, 1.54) is 0 Å². The lowest BCUT2D eigenvalue weighted by molar-refractivity contribution is 1.01. The summed E-state index contributed by atoms with van der Waals surface area (Å²) in [6.45, 7) is 0. The Morgan fingerprint density at radius 2 is 1.48 bits per heavy atom. The van der Waals surface area contributed by atoms with Gasteiger partial charge in [0.2, 0.25) is 0 Å². The van der Waals surface area contributed by atoms with Gasteiger partial charge in [0.25, 0.3) is 0 Å². The number of nitrogens with zero attached hydrogens (tertiary/aromatic N) is 1. The highest BCUT2D eigenvalue weighted by molar-refractivity contribution is 7.99. The fourth-order valence-corrected chi connectivity index (χ4v) is 5.10. The highest BCUT2D eigenvalue weighted by Crippen LogP contribution is 2.48. The van der Waals surface area contributed by atoms with Crippen molar-refractivity contribution in [1.29, 1.82) is 0 Å². The summed E-state index contributed by atoms with van der Waals surface area (Å²) in [5, 5.41) is 1.53. The Bertz CT molecular complexity index is 917. The first-order valence-electron chi connectivity index (χ1n) is 8.05. The molecular formula is C21H15Cl2NS. The molecule has 0 spiro atoms. The van der Waals surface area contributed by atoms with Crippen LogP contribution in [0.1, 0.15) is 22.8 Å². The minimum Gasteiger partial charge on any atom is -0.252 e. The van der Waals surface area contributed by atoms with Crippen molar-refractivity contribution in [2.24, 2.45) is 4.99 Å². The molecule has 0 bridgehead atoms. The maximum Gasteiger partial charge on any atom is 0.0769 e. The molecule has 0 N–H and O–H groups in total. The third kappa shape index (κ3) is 3.48. The number of thioether (sulfide) groups is 1. The van der Waals surface area contributed by atoms with Crippen LogP contribution in [0.2, 0.25) is 10.0 Å². The molecule has 0 fully saturated rings. The van der Waals surface area contributed by atoms with Crippen molar-refractivity contribution >= 4 is 46.4 Å². The molecule has 0 aliphatic carbocycles. The zero-order chi connectivity index (χ0) is 17.2. The first-order valence-corrected chi connectivity index (χ1v) is 9.68. The average molecular weight is 384 g/mol. The number of fused-ring (bicyclic) bond motifs is 1. The molecular weight excluding hydrogens is 369 g/mol. The van der Waals surface area contributed by atoms with E-state index < -0.39 is 0 Å². The van der Waals surface area contributed by atoms with E-state index in [9.17, 15) is 0 Å². The first-order chi connectivity index (χ1) is 12.2. The van der Waals surface area contributed by atoms with Crippen LogP contribution in [0.15, 0.2) is 82.7 Å². The standard InChI is InChI=1S/C21H15Cl2NS/c22-15-9-6-10-16(23)21(15)20-13-18(14-7-2-1-3-8-14)24-17-11-4-5-12-19(17)25-20/h1-12,20H,13H2. The second kappa shape index (κ2) is 7.25. The van der Waals surface area contributed by atoms with E-state index in [1.807, 2.05) is 48.5 Å². The van der Waals surface area contributed by atoms with E-state index in [1.54, 1.807) is 11.8 Å². The van der Waals surface area contributed by atoms with Gasteiger partial charge in [-0.3, -0.25) is 4.99 Å². The lowest BCUT2D eigenvalue weighted by Gasteiger charge is -2.19. The summed E-state index contributed by atoms with van der Waals surface area (Å²) in [6.07, 6.45) is 0.771. The summed E-state index contributed by atoms with van der Waals surface area (Å²) >= 11 is 14.8. The molecule has 1 unspecified atom stereocenters. The lowest BCUT2D eigenvalue weighted by atomic mass is 10.0. The maximum absolute atomic E-state index is 6.50. The van der Waals surface area contributed by atoms with E-state index in [2.05, 4.69) is 24.3 Å². The second-order valence-corrected chi connectivity index (χ2v) is 7.90. The molecule has 1 nitrogen and oxygen atoms in total. The van der Waals surface area contributed by atoms with Crippen molar-refractivity contribution in [3.63, 3.8) is 0 Å². The Morgan fingerprint density at radius 3 is 2.24 bits per heavy atom. The van der Waals surface area contributed by atoms with Gasteiger partial charge < -0.3 is 0 Å². The number of rotatable bonds is 2. The zero-order valence-electron chi connectivity index (χ0n) is 13.3. The Kier molecular flexibility index (Phi) is 4.85. The van der Waals surface area contributed by atoms with E-state index in [4.69, 9.17) is 28.2 Å². The van der Waals surface area contributed by atoms with Gasteiger partial charge in [-0.25, -0.2) is 0 Å².